The van der Waals surface area contributed by atoms with Gasteiger partial charge in [-0.1, -0.05) is 6.07 Å². The van der Waals surface area contributed by atoms with E-state index in [4.69, 9.17) is 5.11 Å². The number of aliphatic hydroxyl groups is 1. The van der Waals surface area contributed by atoms with Gasteiger partial charge in [0, 0.05) is 17.5 Å². The van der Waals surface area contributed by atoms with Crippen molar-refractivity contribution in [3.05, 3.63) is 35.4 Å². The Labute approximate surface area is 109 Å². The van der Waals surface area contributed by atoms with Gasteiger partial charge in [-0.15, -0.1) is 0 Å². The lowest BCUT2D eigenvalue weighted by Crippen LogP contribution is -2.43. The Morgan fingerprint density at radius 2 is 2.11 bits per heavy atom. The van der Waals surface area contributed by atoms with Crippen LogP contribution in [0.5, 0.6) is 0 Å². The largest absolute Gasteiger partial charge is 0.394 e. The summed E-state index contributed by atoms with van der Waals surface area (Å²) in [4.78, 5) is 11.5. The molecule has 0 saturated heterocycles. The van der Waals surface area contributed by atoms with E-state index in [1.807, 2.05) is 0 Å². The second kappa shape index (κ2) is 5.52. The highest BCUT2D eigenvalue weighted by molar-refractivity contribution is 5.75. The predicted octanol–water partition coefficient (Wildman–Crippen LogP) is 1.50. The zero-order valence-corrected chi connectivity index (χ0v) is 10.5. The maximum Gasteiger partial charge on any atom is 0.315 e. The van der Waals surface area contributed by atoms with Crippen molar-refractivity contribution >= 4 is 6.03 Å². The van der Waals surface area contributed by atoms with Crippen LogP contribution < -0.4 is 10.6 Å². The molecule has 0 aliphatic heterocycles. The van der Waals surface area contributed by atoms with Crippen LogP contribution in [0.1, 0.15) is 24.8 Å². The number of hydrogen-bond acceptors (Lipinski definition) is 2. The van der Waals surface area contributed by atoms with Crippen LogP contribution in [-0.2, 0) is 0 Å². The fraction of sp³-hybridized carbons (Fsp3) is 0.462. The van der Waals surface area contributed by atoms with E-state index in [2.05, 4.69) is 10.6 Å². The van der Waals surface area contributed by atoms with Crippen molar-refractivity contribution in [1.29, 1.82) is 0 Å². The Kier molecular flexibility index (Phi) is 3.99. The van der Waals surface area contributed by atoms with Crippen LogP contribution in [0.3, 0.4) is 0 Å². The molecule has 1 aliphatic carbocycles. The maximum absolute atomic E-state index is 13.5. The van der Waals surface area contributed by atoms with Gasteiger partial charge in [0.05, 0.1) is 12.6 Å². The molecule has 0 aromatic heterocycles. The van der Waals surface area contributed by atoms with E-state index in [1.165, 1.54) is 18.2 Å². The molecular weight excluding hydrogens is 254 g/mol. The molecule has 2 rings (SSSR count). The van der Waals surface area contributed by atoms with Crippen LogP contribution in [0.15, 0.2) is 18.2 Å². The van der Waals surface area contributed by atoms with Crippen molar-refractivity contribution in [3.63, 3.8) is 0 Å². The van der Waals surface area contributed by atoms with Crippen LogP contribution in [0, 0.1) is 11.6 Å². The molecule has 3 N–H and O–H groups in total. The number of carbonyl (C=O) groups excluding carboxylic acids is 1. The Hall–Kier alpha value is -1.69. The number of rotatable bonds is 4. The first kappa shape index (κ1) is 13.7. The van der Waals surface area contributed by atoms with Crippen LogP contribution in [-0.4, -0.2) is 29.8 Å². The highest BCUT2D eigenvalue weighted by atomic mass is 19.1. The molecule has 0 bridgehead atoms. The Balaban J connectivity index is 1.93. The number of nitrogens with one attached hydrogen (secondary N) is 2. The van der Waals surface area contributed by atoms with Gasteiger partial charge < -0.3 is 15.7 Å². The Morgan fingerprint density at radius 3 is 2.68 bits per heavy atom. The van der Waals surface area contributed by atoms with Crippen LogP contribution in [0.25, 0.3) is 0 Å². The molecule has 1 aliphatic rings. The predicted molar refractivity (Wildman–Crippen MR) is 65.7 cm³/mol. The standard InChI is InChI=1S/C13H16F2N2O2/c1-7(6-18)16-13(19)17-11-5-8(11)12-9(14)3-2-4-10(12)15/h2-4,7-8,11,18H,5-6H2,1H3,(H2,16,17,19). The highest BCUT2D eigenvalue weighted by Crippen LogP contribution is 2.42. The van der Waals surface area contributed by atoms with E-state index in [1.54, 1.807) is 6.92 Å². The van der Waals surface area contributed by atoms with Crippen LogP contribution in [0.4, 0.5) is 13.6 Å². The van der Waals surface area contributed by atoms with E-state index >= 15 is 0 Å². The molecule has 104 valence electrons. The van der Waals surface area contributed by atoms with Gasteiger partial charge in [0.15, 0.2) is 0 Å². The number of urea groups is 1. The Bertz CT molecular complexity index is 461. The van der Waals surface area contributed by atoms with E-state index < -0.39 is 17.7 Å². The average molecular weight is 270 g/mol. The smallest absolute Gasteiger partial charge is 0.315 e. The molecule has 3 unspecified atom stereocenters. The molecule has 6 heteroatoms. The van der Waals surface area contributed by atoms with Crippen molar-refractivity contribution in [3.8, 4) is 0 Å². The molecule has 4 nitrogen and oxygen atoms in total. The molecule has 1 fully saturated rings. The highest BCUT2D eigenvalue weighted by Gasteiger charge is 2.42. The fourth-order valence-corrected chi connectivity index (χ4v) is 2.02. The quantitative estimate of drug-likeness (QED) is 0.776. The summed E-state index contributed by atoms with van der Waals surface area (Å²) in [6, 6.07) is 2.67. The minimum absolute atomic E-state index is 0.0306. The van der Waals surface area contributed by atoms with E-state index in [-0.39, 0.29) is 30.2 Å². The van der Waals surface area contributed by atoms with Crippen LogP contribution >= 0.6 is 0 Å². The lowest BCUT2D eigenvalue weighted by Gasteiger charge is -2.12. The summed E-state index contributed by atoms with van der Waals surface area (Å²) in [5, 5.41) is 13.9. The summed E-state index contributed by atoms with van der Waals surface area (Å²) in [6.45, 7) is 1.49. The molecule has 0 spiro atoms. The minimum Gasteiger partial charge on any atom is -0.394 e. The number of hydrogen-bond donors (Lipinski definition) is 3. The van der Waals surface area contributed by atoms with Gasteiger partial charge in [0.25, 0.3) is 0 Å². The van der Waals surface area contributed by atoms with Gasteiger partial charge >= 0.3 is 6.03 Å². The first-order valence-corrected chi connectivity index (χ1v) is 6.14. The number of carbonyl (C=O) groups is 1. The minimum atomic E-state index is -0.585. The topological polar surface area (TPSA) is 61.4 Å². The van der Waals surface area contributed by atoms with Gasteiger partial charge in [-0.05, 0) is 25.5 Å². The lowest BCUT2D eigenvalue weighted by molar-refractivity contribution is 0.220. The van der Waals surface area contributed by atoms with Crippen molar-refractivity contribution < 1.29 is 18.7 Å². The SMILES string of the molecule is CC(CO)NC(=O)NC1CC1c1c(F)cccc1F. The molecule has 1 saturated carbocycles. The van der Waals surface area contributed by atoms with E-state index in [0.29, 0.717) is 6.42 Å². The third-order valence-electron chi connectivity index (χ3n) is 3.13. The second-order valence-electron chi connectivity index (χ2n) is 4.79. The Morgan fingerprint density at radius 1 is 1.47 bits per heavy atom. The summed E-state index contributed by atoms with van der Waals surface area (Å²) in [7, 11) is 0. The number of benzene rings is 1. The van der Waals surface area contributed by atoms with Gasteiger partial charge in [0.2, 0.25) is 0 Å². The fourth-order valence-electron chi connectivity index (χ4n) is 2.02. The molecule has 19 heavy (non-hydrogen) atoms. The van der Waals surface area contributed by atoms with Crippen molar-refractivity contribution in [2.45, 2.75) is 31.3 Å². The number of halogens is 2. The lowest BCUT2D eigenvalue weighted by atomic mass is 10.1. The molecule has 0 heterocycles. The summed E-state index contributed by atoms with van der Waals surface area (Å²) in [5.41, 5.74) is 0.0306. The van der Waals surface area contributed by atoms with Gasteiger partial charge in [-0.3, -0.25) is 0 Å². The number of amides is 2. The summed E-state index contributed by atoms with van der Waals surface area (Å²) < 4.78 is 27.0. The van der Waals surface area contributed by atoms with E-state index in [0.717, 1.165) is 0 Å². The molecule has 2 amide bonds. The van der Waals surface area contributed by atoms with Crippen molar-refractivity contribution in [1.82, 2.24) is 10.6 Å². The summed E-state index contributed by atoms with van der Waals surface area (Å²) in [6.07, 6.45) is 0.513. The van der Waals surface area contributed by atoms with E-state index in [9.17, 15) is 13.6 Å². The summed E-state index contributed by atoms with van der Waals surface area (Å²) in [5.74, 6) is -1.49. The van der Waals surface area contributed by atoms with Gasteiger partial charge in [-0.25, -0.2) is 13.6 Å². The molecule has 1 aromatic carbocycles. The number of aliphatic hydroxyl groups excluding tert-OH is 1. The molecule has 0 radical (unpaired) electrons. The first-order chi connectivity index (χ1) is 9.02. The monoisotopic (exact) mass is 270 g/mol. The molecule has 1 aromatic rings. The molecular formula is C13H16F2N2O2. The average Bonchev–Trinajstić information content (AvgIpc) is 3.07. The third kappa shape index (κ3) is 3.20. The second-order valence-corrected chi connectivity index (χ2v) is 4.79. The summed E-state index contributed by atoms with van der Waals surface area (Å²) >= 11 is 0. The van der Waals surface area contributed by atoms with Crippen LogP contribution in [0.2, 0.25) is 0 Å². The van der Waals surface area contributed by atoms with Crippen molar-refractivity contribution in [2.75, 3.05) is 6.61 Å². The normalized spacial score (nSPS) is 22.7. The maximum atomic E-state index is 13.5. The zero-order chi connectivity index (χ0) is 14.0. The first-order valence-electron chi connectivity index (χ1n) is 6.14. The van der Waals surface area contributed by atoms with Gasteiger partial charge in [-0.2, -0.15) is 0 Å². The third-order valence-corrected chi connectivity index (χ3v) is 3.13. The zero-order valence-electron chi connectivity index (χ0n) is 10.5. The van der Waals surface area contributed by atoms with Crippen molar-refractivity contribution in [2.24, 2.45) is 0 Å². The van der Waals surface area contributed by atoms with Gasteiger partial charge in [0.1, 0.15) is 11.6 Å². The molecule has 3 atom stereocenters.